The van der Waals surface area contributed by atoms with E-state index in [1.165, 1.54) is 116 Å². The maximum absolute atomic E-state index is 12.2. The summed E-state index contributed by atoms with van der Waals surface area (Å²) in [4.78, 5) is 12.2. The predicted molar refractivity (Wildman–Crippen MR) is 160 cm³/mol. The molecule has 0 aromatic heterocycles. The molecule has 0 aliphatic carbocycles. The third kappa shape index (κ3) is 22.3. The molecule has 234 valence electrons. The number of likely N-dealkylation sites (tertiary alicyclic amines) is 1. The summed E-state index contributed by atoms with van der Waals surface area (Å²) in [5, 5.41) is 0. The second-order valence-corrected chi connectivity index (χ2v) is 13.5. The Morgan fingerprint density at radius 3 is 1.72 bits per heavy atom. The summed E-state index contributed by atoms with van der Waals surface area (Å²) in [5.41, 5.74) is 0. The zero-order chi connectivity index (χ0) is 28.5. The number of piperidine rings is 1. The molecule has 7 nitrogen and oxygen atoms in total. The van der Waals surface area contributed by atoms with Gasteiger partial charge in [0.1, 0.15) is 13.2 Å². The maximum atomic E-state index is 12.2. The lowest BCUT2D eigenvalue weighted by atomic mass is 10.0. The highest BCUT2D eigenvalue weighted by Crippen LogP contribution is 2.38. The smallest absolute Gasteiger partial charge is 0.268 e. The van der Waals surface area contributed by atoms with Crippen molar-refractivity contribution in [1.82, 2.24) is 0 Å². The fraction of sp³-hybridized carbons (Fsp3) is 1.00. The second kappa shape index (κ2) is 24.6. The minimum absolute atomic E-state index is 0.0275. The molecule has 0 radical (unpaired) electrons. The van der Waals surface area contributed by atoms with E-state index in [4.69, 9.17) is 18.5 Å². The largest absolute Gasteiger partial charge is 0.756 e. The van der Waals surface area contributed by atoms with Gasteiger partial charge in [0.2, 0.25) is 0 Å². The Morgan fingerprint density at radius 1 is 0.692 bits per heavy atom. The summed E-state index contributed by atoms with van der Waals surface area (Å²) in [7, 11) is -0.536. The van der Waals surface area contributed by atoms with E-state index in [9.17, 15) is 9.46 Å². The van der Waals surface area contributed by atoms with Crippen molar-refractivity contribution in [1.29, 1.82) is 0 Å². The number of hydrogen-bond donors (Lipinski definition) is 0. The van der Waals surface area contributed by atoms with Crippen molar-refractivity contribution in [3.05, 3.63) is 0 Å². The van der Waals surface area contributed by atoms with E-state index in [1.54, 1.807) is 7.11 Å². The summed E-state index contributed by atoms with van der Waals surface area (Å²) >= 11 is 0. The number of hydrogen-bond acceptors (Lipinski definition) is 6. The van der Waals surface area contributed by atoms with Gasteiger partial charge >= 0.3 is 0 Å². The number of likely N-dealkylation sites (N-methyl/N-ethyl adjacent to an activating group) is 1. The molecule has 2 unspecified atom stereocenters. The van der Waals surface area contributed by atoms with E-state index >= 15 is 0 Å². The average molecular weight is 578 g/mol. The summed E-state index contributed by atoms with van der Waals surface area (Å²) in [6, 6.07) is 0. The molecule has 0 aromatic rings. The Hall–Kier alpha value is -0.0100. The van der Waals surface area contributed by atoms with Crippen molar-refractivity contribution in [3.63, 3.8) is 0 Å². The topological polar surface area (TPSA) is 77.1 Å². The number of methoxy groups -OCH3 is 1. The van der Waals surface area contributed by atoms with Gasteiger partial charge in [0.15, 0.2) is 0 Å². The number of phosphoric ester groups is 1. The Labute approximate surface area is 241 Å². The molecular formula is C31H64NO6P. The van der Waals surface area contributed by atoms with Gasteiger partial charge in [-0.05, 0) is 25.7 Å². The molecule has 8 heteroatoms. The second-order valence-electron chi connectivity index (χ2n) is 12.1. The van der Waals surface area contributed by atoms with Crippen LogP contribution in [0.5, 0.6) is 0 Å². The van der Waals surface area contributed by atoms with E-state index < -0.39 is 7.82 Å². The molecule has 1 aliphatic heterocycles. The summed E-state index contributed by atoms with van der Waals surface area (Å²) in [5.74, 6) is -0.131. The average Bonchev–Trinajstić information content (AvgIpc) is 2.91. The van der Waals surface area contributed by atoms with Crippen molar-refractivity contribution in [2.75, 3.05) is 66.8 Å². The van der Waals surface area contributed by atoms with Gasteiger partial charge in [-0.15, -0.1) is 0 Å². The highest BCUT2D eigenvalue weighted by molar-refractivity contribution is 7.45. The minimum Gasteiger partial charge on any atom is -0.756 e. The van der Waals surface area contributed by atoms with E-state index in [0.29, 0.717) is 26.4 Å². The van der Waals surface area contributed by atoms with Crippen molar-refractivity contribution in [2.45, 2.75) is 129 Å². The van der Waals surface area contributed by atoms with Crippen molar-refractivity contribution < 1.29 is 32.5 Å². The van der Waals surface area contributed by atoms with Gasteiger partial charge in [0.25, 0.3) is 7.82 Å². The van der Waals surface area contributed by atoms with Crippen LogP contribution in [0.2, 0.25) is 0 Å². The first-order chi connectivity index (χ1) is 18.9. The van der Waals surface area contributed by atoms with Crippen molar-refractivity contribution in [3.8, 4) is 0 Å². The number of ether oxygens (including phenoxy) is 2. The van der Waals surface area contributed by atoms with Crippen LogP contribution in [0.3, 0.4) is 0 Å². The van der Waals surface area contributed by atoms with Crippen molar-refractivity contribution in [2.24, 2.45) is 5.92 Å². The first-order valence-electron chi connectivity index (χ1n) is 16.4. The monoisotopic (exact) mass is 577 g/mol. The summed E-state index contributed by atoms with van der Waals surface area (Å²) in [6.45, 7) is 6.86. The molecule has 2 atom stereocenters. The quantitative estimate of drug-likeness (QED) is 0.0540. The molecule has 0 saturated carbocycles. The predicted octanol–water partition coefficient (Wildman–Crippen LogP) is 7.66. The first-order valence-corrected chi connectivity index (χ1v) is 17.9. The first kappa shape index (κ1) is 37.0. The normalized spacial score (nSPS) is 17.7. The standard InChI is InChI=1S/C31H64NO6P/c1-4-5-6-7-8-9-10-11-12-13-14-15-16-17-18-22-26-36-29-31(28-35-3)30-38-39(33,34)37-27-25-32(2)23-20-19-21-24-32/h31H,4-30H2,1-3H3. The van der Waals surface area contributed by atoms with Gasteiger partial charge in [0.05, 0.1) is 40.0 Å². The van der Waals surface area contributed by atoms with Crippen LogP contribution in [0.15, 0.2) is 0 Å². The Balaban J connectivity index is 1.95. The highest BCUT2D eigenvalue weighted by Gasteiger charge is 2.25. The number of phosphoric acid groups is 1. The van der Waals surface area contributed by atoms with E-state index in [2.05, 4.69) is 14.0 Å². The molecule has 1 rings (SSSR count). The Morgan fingerprint density at radius 2 is 1.21 bits per heavy atom. The molecule has 0 bridgehead atoms. The van der Waals surface area contributed by atoms with Gasteiger partial charge in [-0.2, -0.15) is 0 Å². The van der Waals surface area contributed by atoms with Gasteiger partial charge in [-0.1, -0.05) is 103 Å². The molecule has 0 amide bonds. The minimum atomic E-state index is -4.32. The highest BCUT2D eigenvalue weighted by atomic mass is 31.2. The molecule has 1 fully saturated rings. The van der Waals surface area contributed by atoms with Gasteiger partial charge in [0, 0.05) is 19.6 Å². The molecule has 0 N–H and O–H groups in total. The van der Waals surface area contributed by atoms with E-state index in [-0.39, 0.29) is 19.1 Å². The van der Waals surface area contributed by atoms with Crippen LogP contribution in [0.25, 0.3) is 0 Å². The molecule has 0 aromatic carbocycles. The maximum Gasteiger partial charge on any atom is 0.268 e. The molecular weight excluding hydrogens is 513 g/mol. The van der Waals surface area contributed by atoms with Crippen LogP contribution < -0.4 is 4.89 Å². The lowest BCUT2D eigenvalue weighted by Gasteiger charge is -2.38. The van der Waals surface area contributed by atoms with E-state index in [1.807, 2.05) is 0 Å². The third-order valence-electron chi connectivity index (χ3n) is 8.14. The summed E-state index contributed by atoms with van der Waals surface area (Å²) in [6.07, 6.45) is 25.3. The van der Waals surface area contributed by atoms with E-state index in [0.717, 1.165) is 24.0 Å². The lowest BCUT2D eigenvalue weighted by Crippen LogP contribution is -2.49. The fourth-order valence-electron chi connectivity index (χ4n) is 5.49. The zero-order valence-corrected chi connectivity index (χ0v) is 26.9. The Bertz CT molecular complexity index is 587. The molecule has 39 heavy (non-hydrogen) atoms. The molecule has 1 aliphatic rings. The van der Waals surface area contributed by atoms with Crippen LogP contribution in [0, 0.1) is 5.92 Å². The number of quaternary nitrogens is 1. The fourth-order valence-corrected chi connectivity index (χ4v) is 6.26. The number of rotatable bonds is 28. The SMILES string of the molecule is CCCCCCCCCCCCCCCCCCOCC(COC)COP(=O)([O-])OCC[N+]1(C)CCCCC1. The third-order valence-corrected chi connectivity index (χ3v) is 9.11. The molecule has 0 spiro atoms. The van der Waals surface area contributed by atoms with Crippen LogP contribution in [0.4, 0.5) is 0 Å². The Kier molecular flexibility index (Phi) is 23.3. The van der Waals surface area contributed by atoms with Crippen molar-refractivity contribution >= 4 is 7.82 Å². The van der Waals surface area contributed by atoms with Gasteiger partial charge in [-0.3, -0.25) is 4.57 Å². The molecule has 1 saturated heterocycles. The number of unbranched alkanes of at least 4 members (excludes halogenated alkanes) is 15. The van der Waals surface area contributed by atoms with Crippen LogP contribution in [-0.4, -0.2) is 71.3 Å². The van der Waals surface area contributed by atoms with Crippen LogP contribution in [-0.2, 0) is 23.1 Å². The summed E-state index contributed by atoms with van der Waals surface area (Å²) < 4.78 is 34.5. The van der Waals surface area contributed by atoms with Crippen LogP contribution in [0.1, 0.15) is 129 Å². The lowest BCUT2D eigenvalue weighted by molar-refractivity contribution is -0.914. The van der Waals surface area contributed by atoms with Gasteiger partial charge in [-0.25, -0.2) is 0 Å². The number of nitrogens with zero attached hydrogens (tertiary/aromatic N) is 1. The molecule has 1 heterocycles. The van der Waals surface area contributed by atoms with Crippen LogP contribution >= 0.6 is 7.82 Å². The zero-order valence-electron chi connectivity index (χ0n) is 26.0. The van der Waals surface area contributed by atoms with Gasteiger partial charge < -0.3 is 27.9 Å².